The van der Waals surface area contributed by atoms with Crippen LogP contribution in [0.15, 0.2) is 41.3 Å². The average Bonchev–Trinajstić information content (AvgIpc) is 2.53. The Morgan fingerprint density at radius 1 is 1.23 bits per heavy atom. The molecular formula is C18H18F2N2O3S. The number of hydrogen-bond acceptors (Lipinski definition) is 4. The number of carbonyl (C=O) groups is 1. The molecular weight excluding hydrogens is 362 g/mol. The number of halogens is 2. The Morgan fingerprint density at radius 3 is 2.73 bits per heavy atom. The lowest BCUT2D eigenvalue weighted by Crippen LogP contribution is -2.37. The zero-order valence-corrected chi connectivity index (χ0v) is 14.9. The number of benzene rings is 2. The summed E-state index contributed by atoms with van der Waals surface area (Å²) in [4.78, 5) is 14.0. The van der Waals surface area contributed by atoms with E-state index in [1.807, 2.05) is 0 Å². The zero-order valence-electron chi connectivity index (χ0n) is 14.1. The van der Waals surface area contributed by atoms with Gasteiger partial charge in [-0.05, 0) is 42.7 Å². The third-order valence-electron chi connectivity index (χ3n) is 4.18. The lowest BCUT2D eigenvalue weighted by Gasteiger charge is -2.31. The molecule has 0 radical (unpaired) electrons. The summed E-state index contributed by atoms with van der Waals surface area (Å²) < 4.78 is 50.7. The van der Waals surface area contributed by atoms with Gasteiger partial charge in [0, 0.05) is 24.6 Å². The van der Waals surface area contributed by atoms with Gasteiger partial charge in [-0.3, -0.25) is 4.79 Å². The van der Waals surface area contributed by atoms with Crippen molar-refractivity contribution in [2.45, 2.75) is 17.7 Å². The number of amides is 1. The van der Waals surface area contributed by atoms with Crippen molar-refractivity contribution >= 4 is 27.1 Å². The molecule has 8 heteroatoms. The standard InChI is InChI=1S/C18H18F2N2O3S/c1-26(24,25)15-6-2-5-14(10-15)21-17(23)11-22-7-3-4-12-8-13(19)9-16(20)18(12)22/h2,5-6,8-10H,3-4,7,11H2,1H3,(H,21,23). The summed E-state index contributed by atoms with van der Waals surface area (Å²) in [6.45, 7) is 0.366. The molecule has 0 bridgehead atoms. The van der Waals surface area contributed by atoms with Gasteiger partial charge in [-0.1, -0.05) is 6.07 Å². The Morgan fingerprint density at radius 2 is 2.00 bits per heavy atom. The minimum atomic E-state index is -3.38. The number of nitrogens with zero attached hydrogens (tertiary/aromatic N) is 1. The lowest BCUT2D eigenvalue weighted by molar-refractivity contribution is -0.115. The van der Waals surface area contributed by atoms with Crippen LogP contribution in [0.4, 0.5) is 20.2 Å². The number of anilines is 2. The van der Waals surface area contributed by atoms with E-state index in [0.29, 0.717) is 30.6 Å². The fourth-order valence-corrected chi connectivity index (χ4v) is 3.74. The molecule has 138 valence electrons. The van der Waals surface area contributed by atoms with E-state index in [1.54, 1.807) is 11.0 Å². The maximum Gasteiger partial charge on any atom is 0.243 e. The van der Waals surface area contributed by atoms with E-state index in [4.69, 9.17) is 0 Å². The Labute approximate surface area is 150 Å². The van der Waals surface area contributed by atoms with Crippen molar-refractivity contribution in [1.29, 1.82) is 0 Å². The van der Waals surface area contributed by atoms with E-state index in [0.717, 1.165) is 12.3 Å². The van der Waals surface area contributed by atoms with Crippen LogP contribution in [0.25, 0.3) is 0 Å². The second kappa shape index (κ2) is 7.03. The van der Waals surface area contributed by atoms with Gasteiger partial charge in [-0.15, -0.1) is 0 Å². The van der Waals surface area contributed by atoms with Crippen LogP contribution in [-0.2, 0) is 21.1 Å². The third kappa shape index (κ3) is 4.01. The maximum atomic E-state index is 14.2. The molecule has 0 aromatic heterocycles. The fraction of sp³-hybridized carbons (Fsp3) is 0.278. The van der Waals surface area contributed by atoms with E-state index in [9.17, 15) is 22.0 Å². The van der Waals surface area contributed by atoms with Crippen LogP contribution in [0.3, 0.4) is 0 Å². The summed E-state index contributed by atoms with van der Waals surface area (Å²) in [6, 6.07) is 8.02. The van der Waals surface area contributed by atoms with Crippen LogP contribution in [-0.4, -0.2) is 33.7 Å². The maximum absolute atomic E-state index is 14.2. The summed E-state index contributed by atoms with van der Waals surface area (Å²) in [6.07, 6.45) is 2.33. The molecule has 1 heterocycles. The molecule has 0 spiro atoms. The SMILES string of the molecule is CS(=O)(=O)c1cccc(NC(=O)CN2CCCc3cc(F)cc(F)c32)c1. The van der Waals surface area contributed by atoms with Crippen LogP contribution in [0.2, 0.25) is 0 Å². The van der Waals surface area contributed by atoms with Crippen LogP contribution in [0, 0.1) is 11.6 Å². The van der Waals surface area contributed by atoms with Crippen LogP contribution in [0.5, 0.6) is 0 Å². The molecule has 5 nitrogen and oxygen atoms in total. The summed E-state index contributed by atoms with van der Waals surface area (Å²) in [5, 5.41) is 2.62. The van der Waals surface area contributed by atoms with Crippen molar-refractivity contribution in [1.82, 2.24) is 0 Å². The highest BCUT2D eigenvalue weighted by molar-refractivity contribution is 7.90. The van der Waals surface area contributed by atoms with E-state index >= 15 is 0 Å². The summed E-state index contributed by atoms with van der Waals surface area (Å²) in [5.74, 6) is -1.73. The summed E-state index contributed by atoms with van der Waals surface area (Å²) in [5.41, 5.74) is 1.13. The topological polar surface area (TPSA) is 66.5 Å². The van der Waals surface area contributed by atoms with E-state index in [-0.39, 0.29) is 17.1 Å². The third-order valence-corrected chi connectivity index (χ3v) is 5.29. The molecule has 2 aromatic carbocycles. The van der Waals surface area contributed by atoms with Gasteiger partial charge in [-0.25, -0.2) is 17.2 Å². The monoisotopic (exact) mass is 380 g/mol. The Kier molecular flexibility index (Phi) is 4.95. The van der Waals surface area contributed by atoms with Gasteiger partial charge in [0.2, 0.25) is 5.91 Å². The number of fused-ring (bicyclic) bond motifs is 1. The van der Waals surface area contributed by atoms with Crippen LogP contribution < -0.4 is 10.2 Å². The molecule has 3 rings (SSSR count). The first kappa shape index (κ1) is 18.3. The highest BCUT2D eigenvalue weighted by Crippen LogP contribution is 2.30. The molecule has 1 aliphatic rings. The normalized spacial score (nSPS) is 14.0. The first-order valence-corrected chi connectivity index (χ1v) is 9.96. The quantitative estimate of drug-likeness (QED) is 0.886. The zero-order chi connectivity index (χ0) is 18.9. The van der Waals surface area contributed by atoms with Crippen molar-refractivity contribution in [2.24, 2.45) is 0 Å². The number of sulfone groups is 1. The molecule has 2 aromatic rings. The van der Waals surface area contributed by atoms with Gasteiger partial charge in [0.1, 0.15) is 11.6 Å². The van der Waals surface area contributed by atoms with Crippen molar-refractivity contribution in [3.8, 4) is 0 Å². The van der Waals surface area contributed by atoms with E-state index in [2.05, 4.69) is 5.32 Å². The number of rotatable bonds is 4. The van der Waals surface area contributed by atoms with Crippen molar-refractivity contribution in [3.05, 3.63) is 53.6 Å². The number of hydrogen-bond donors (Lipinski definition) is 1. The molecule has 0 saturated carbocycles. The van der Waals surface area contributed by atoms with Gasteiger partial charge in [0.25, 0.3) is 0 Å². The average molecular weight is 380 g/mol. The Bertz CT molecular complexity index is 961. The summed E-state index contributed by atoms with van der Waals surface area (Å²) in [7, 11) is -3.38. The molecule has 0 saturated heterocycles. The van der Waals surface area contributed by atoms with E-state index in [1.165, 1.54) is 24.3 Å². The molecule has 0 atom stereocenters. The van der Waals surface area contributed by atoms with E-state index < -0.39 is 27.4 Å². The smallest absolute Gasteiger partial charge is 0.243 e. The van der Waals surface area contributed by atoms with Crippen LogP contribution in [0.1, 0.15) is 12.0 Å². The van der Waals surface area contributed by atoms with Crippen molar-refractivity contribution < 1.29 is 22.0 Å². The van der Waals surface area contributed by atoms with Gasteiger partial charge in [-0.2, -0.15) is 0 Å². The molecule has 0 unspecified atom stereocenters. The Hall–Kier alpha value is -2.48. The van der Waals surface area contributed by atoms with Crippen molar-refractivity contribution in [2.75, 3.05) is 29.6 Å². The number of nitrogens with one attached hydrogen (secondary N) is 1. The molecule has 1 N–H and O–H groups in total. The number of aryl methyl sites for hydroxylation is 1. The van der Waals surface area contributed by atoms with Gasteiger partial charge < -0.3 is 10.2 Å². The van der Waals surface area contributed by atoms with Gasteiger partial charge >= 0.3 is 0 Å². The molecule has 1 aliphatic heterocycles. The first-order valence-electron chi connectivity index (χ1n) is 8.07. The predicted octanol–water partition coefficient (Wildman–Crippen LogP) is 2.76. The molecule has 1 amide bonds. The second-order valence-electron chi connectivity index (χ2n) is 6.27. The highest BCUT2D eigenvalue weighted by Gasteiger charge is 2.23. The van der Waals surface area contributed by atoms with Gasteiger partial charge in [0.05, 0.1) is 17.1 Å². The lowest BCUT2D eigenvalue weighted by atomic mass is 10.0. The van der Waals surface area contributed by atoms with Crippen molar-refractivity contribution in [3.63, 3.8) is 0 Å². The van der Waals surface area contributed by atoms with Gasteiger partial charge in [0.15, 0.2) is 9.84 Å². The largest absolute Gasteiger partial charge is 0.360 e. The number of carbonyl (C=O) groups excluding carboxylic acids is 1. The molecule has 0 fully saturated rings. The Balaban J connectivity index is 1.76. The summed E-state index contributed by atoms with van der Waals surface area (Å²) >= 11 is 0. The minimum Gasteiger partial charge on any atom is -0.360 e. The van der Waals surface area contributed by atoms with Crippen LogP contribution >= 0.6 is 0 Å². The predicted molar refractivity (Wildman–Crippen MR) is 95.1 cm³/mol. The molecule has 0 aliphatic carbocycles. The first-order chi connectivity index (χ1) is 12.2. The minimum absolute atomic E-state index is 0.0973. The second-order valence-corrected chi connectivity index (χ2v) is 8.28. The fourth-order valence-electron chi connectivity index (χ4n) is 3.07. The molecule has 26 heavy (non-hydrogen) atoms. The highest BCUT2D eigenvalue weighted by atomic mass is 32.2.